The lowest BCUT2D eigenvalue weighted by Gasteiger charge is -2.30. The maximum Gasteiger partial charge on any atom is 0.330 e. The van der Waals surface area contributed by atoms with Crippen molar-refractivity contribution in [1.29, 1.82) is 0 Å². The van der Waals surface area contributed by atoms with E-state index in [1.54, 1.807) is 0 Å². The van der Waals surface area contributed by atoms with E-state index in [2.05, 4.69) is 5.32 Å². The van der Waals surface area contributed by atoms with Crippen LogP contribution in [0, 0.1) is 11.7 Å². The Bertz CT molecular complexity index is 630. The first-order valence-electron chi connectivity index (χ1n) is 7.66. The van der Waals surface area contributed by atoms with Crippen molar-refractivity contribution in [3.8, 4) is 0 Å². The number of nitrogens with one attached hydrogen (secondary N) is 1. The number of carboxylic acids is 1. The van der Waals surface area contributed by atoms with E-state index >= 15 is 0 Å². The molecule has 4 N–H and O–H groups in total. The Hall–Kier alpha value is -2.48. The van der Waals surface area contributed by atoms with Crippen LogP contribution >= 0.6 is 0 Å². The minimum absolute atomic E-state index is 0.148. The van der Waals surface area contributed by atoms with Crippen LogP contribution in [-0.2, 0) is 14.4 Å². The van der Waals surface area contributed by atoms with Crippen LogP contribution in [0.15, 0.2) is 24.3 Å². The number of amides is 2. The molecule has 24 heavy (non-hydrogen) atoms. The van der Waals surface area contributed by atoms with E-state index in [0.717, 1.165) is 6.07 Å². The maximum absolute atomic E-state index is 13.3. The van der Waals surface area contributed by atoms with Gasteiger partial charge in [0.2, 0.25) is 11.8 Å². The lowest BCUT2D eigenvalue weighted by atomic mass is 9.95. The summed E-state index contributed by atoms with van der Waals surface area (Å²) in [4.78, 5) is 36.5. The number of halogens is 1. The molecule has 0 bridgehead atoms. The molecular weight excluding hydrogens is 317 g/mol. The number of aliphatic carboxylic acids is 1. The summed E-state index contributed by atoms with van der Waals surface area (Å²) in [5.41, 5.74) is 5.32. The summed E-state index contributed by atoms with van der Waals surface area (Å²) in [6.45, 7) is 1.23. The number of likely N-dealkylation sites (tertiary alicyclic amines) is 1. The number of carbonyl (C=O) groups excluding carboxylic acids is 2. The molecule has 1 heterocycles. The minimum atomic E-state index is -1.29. The topological polar surface area (TPSA) is 113 Å². The summed E-state index contributed by atoms with van der Waals surface area (Å²) in [5, 5.41) is 11.8. The predicted molar refractivity (Wildman–Crippen MR) is 83.3 cm³/mol. The summed E-state index contributed by atoms with van der Waals surface area (Å²) in [5.74, 6) is -2.96. The Balaban J connectivity index is 1.97. The molecule has 0 aromatic heterocycles. The first kappa shape index (κ1) is 17.9. The molecule has 2 rings (SSSR count). The van der Waals surface area contributed by atoms with Crippen molar-refractivity contribution in [3.05, 3.63) is 35.6 Å². The number of hydrogen-bond acceptors (Lipinski definition) is 4. The molecule has 1 aromatic carbocycles. The highest BCUT2D eigenvalue weighted by Crippen LogP contribution is 2.20. The molecule has 2 amide bonds. The number of piperidine rings is 1. The second-order valence-electron chi connectivity index (χ2n) is 5.85. The van der Waals surface area contributed by atoms with Gasteiger partial charge in [-0.2, -0.15) is 0 Å². The maximum atomic E-state index is 13.3. The Morgan fingerprint density at radius 1 is 1.33 bits per heavy atom. The minimum Gasteiger partial charge on any atom is -0.479 e. The number of nitrogens with two attached hydrogens (primary N) is 1. The molecule has 8 heteroatoms. The Morgan fingerprint density at radius 3 is 2.54 bits per heavy atom. The second-order valence-corrected chi connectivity index (χ2v) is 5.85. The first-order chi connectivity index (χ1) is 11.4. The van der Waals surface area contributed by atoms with Gasteiger partial charge in [-0.15, -0.1) is 0 Å². The van der Waals surface area contributed by atoms with Gasteiger partial charge in [0, 0.05) is 5.92 Å². The monoisotopic (exact) mass is 337 g/mol. The summed E-state index contributed by atoms with van der Waals surface area (Å²) in [6, 6.07) is 3.86. The highest BCUT2D eigenvalue weighted by Gasteiger charge is 2.29. The Morgan fingerprint density at radius 2 is 2.00 bits per heavy atom. The van der Waals surface area contributed by atoms with Crippen molar-refractivity contribution in [2.45, 2.75) is 18.9 Å². The molecule has 0 saturated carbocycles. The zero-order valence-electron chi connectivity index (χ0n) is 13.1. The van der Waals surface area contributed by atoms with Crippen LogP contribution in [0.2, 0.25) is 0 Å². The van der Waals surface area contributed by atoms with Crippen LogP contribution in [0.25, 0.3) is 0 Å². The molecular formula is C16H20FN3O4. The van der Waals surface area contributed by atoms with Crippen molar-refractivity contribution in [1.82, 2.24) is 10.2 Å². The molecule has 130 valence electrons. The third kappa shape index (κ3) is 4.76. The molecule has 1 unspecified atom stereocenters. The second kappa shape index (κ2) is 7.87. The van der Waals surface area contributed by atoms with E-state index in [-0.39, 0.29) is 23.9 Å². The summed E-state index contributed by atoms with van der Waals surface area (Å²) in [7, 11) is 0. The van der Waals surface area contributed by atoms with Crippen LogP contribution in [0.5, 0.6) is 0 Å². The quantitative estimate of drug-likeness (QED) is 0.689. The van der Waals surface area contributed by atoms with Crippen LogP contribution in [0.3, 0.4) is 0 Å². The molecule has 7 nitrogen and oxygen atoms in total. The first-order valence-corrected chi connectivity index (χ1v) is 7.66. The third-order valence-corrected chi connectivity index (χ3v) is 4.05. The standard InChI is InChI=1S/C16H20FN3O4/c17-12-3-1-2-11(8-12)14(16(23)24)19-15(22)10-4-6-20(7-5-10)9-13(18)21/h1-3,8,10,14H,4-7,9H2,(H2,18,21)(H,19,22)(H,23,24). The zero-order chi connectivity index (χ0) is 17.7. The molecule has 1 aliphatic heterocycles. The molecule has 1 aliphatic rings. The Labute approximate surface area is 138 Å². The SMILES string of the molecule is NC(=O)CN1CCC(C(=O)NC(C(=O)O)c2cccc(F)c2)CC1. The van der Waals surface area contributed by atoms with E-state index in [9.17, 15) is 23.9 Å². The van der Waals surface area contributed by atoms with Crippen LogP contribution in [0.1, 0.15) is 24.4 Å². The van der Waals surface area contributed by atoms with Crippen LogP contribution < -0.4 is 11.1 Å². The van der Waals surface area contributed by atoms with E-state index in [1.807, 2.05) is 4.90 Å². The fourth-order valence-electron chi connectivity index (χ4n) is 2.81. The van der Waals surface area contributed by atoms with Crippen molar-refractivity contribution >= 4 is 17.8 Å². The molecule has 1 atom stereocenters. The fourth-order valence-corrected chi connectivity index (χ4v) is 2.81. The van der Waals surface area contributed by atoms with Crippen LogP contribution in [-0.4, -0.2) is 47.4 Å². The molecule has 1 saturated heterocycles. The van der Waals surface area contributed by atoms with Crippen molar-refractivity contribution in [2.75, 3.05) is 19.6 Å². The van der Waals surface area contributed by atoms with E-state index in [4.69, 9.17) is 5.73 Å². The highest BCUT2D eigenvalue weighted by atomic mass is 19.1. The van der Waals surface area contributed by atoms with Gasteiger partial charge in [0.1, 0.15) is 5.82 Å². The van der Waals surface area contributed by atoms with E-state index in [0.29, 0.717) is 25.9 Å². The number of carbonyl (C=O) groups is 3. The van der Waals surface area contributed by atoms with Gasteiger partial charge < -0.3 is 16.2 Å². The number of primary amides is 1. The average Bonchev–Trinajstić information content (AvgIpc) is 2.52. The third-order valence-electron chi connectivity index (χ3n) is 4.05. The summed E-state index contributed by atoms with van der Waals surface area (Å²) in [6.07, 6.45) is 1.02. The number of carboxylic acid groups (broad SMARTS) is 1. The van der Waals surface area contributed by atoms with Crippen LogP contribution in [0.4, 0.5) is 4.39 Å². The van der Waals surface area contributed by atoms with E-state index < -0.39 is 23.7 Å². The van der Waals surface area contributed by atoms with Gasteiger partial charge in [-0.05, 0) is 43.6 Å². The number of rotatable bonds is 6. The molecule has 1 aromatic rings. The molecule has 1 fully saturated rings. The van der Waals surface area contributed by atoms with Crippen molar-refractivity contribution in [3.63, 3.8) is 0 Å². The molecule has 0 radical (unpaired) electrons. The zero-order valence-corrected chi connectivity index (χ0v) is 13.1. The van der Waals surface area contributed by atoms with E-state index in [1.165, 1.54) is 18.2 Å². The fraction of sp³-hybridized carbons (Fsp3) is 0.438. The summed E-state index contributed by atoms with van der Waals surface area (Å²) >= 11 is 0. The number of hydrogen-bond donors (Lipinski definition) is 3. The normalized spacial score (nSPS) is 17.2. The average molecular weight is 337 g/mol. The highest BCUT2D eigenvalue weighted by molar-refractivity contribution is 5.86. The lowest BCUT2D eigenvalue weighted by Crippen LogP contribution is -2.45. The number of nitrogens with zero attached hydrogens (tertiary/aromatic N) is 1. The predicted octanol–water partition coefficient (Wildman–Crippen LogP) is 0.265. The van der Waals surface area contributed by atoms with Gasteiger partial charge in [0.15, 0.2) is 6.04 Å². The van der Waals surface area contributed by atoms with Crippen molar-refractivity contribution < 1.29 is 23.9 Å². The lowest BCUT2D eigenvalue weighted by molar-refractivity contribution is -0.143. The van der Waals surface area contributed by atoms with Gasteiger partial charge >= 0.3 is 5.97 Å². The van der Waals surface area contributed by atoms with Gasteiger partial charge in [-0.1, -0.05) is 12.1 Å². The van der Waals surface area contributed by atoms with Gasteiger partial charge in [0.25, 0.3) is 0 Å². The van der Waals surface area contributed by atoms with Gasteiger partial charge in [0.05, 0.1) is 6.54 Å². The Kier molecular flexibility index (Phi) is 5.86. The number of benzene rings is 1. The smallest absolute Gasteiger partial charge is 0.330 e. The molecule has 0 aliphatic carbocycles. The largest absolute Gasteiger partial charge is 0.479 e. The van der Waals surface area contributed by atoms with Gasteiger partial charge in [-0.3, -0.25) is 14.5 Å². The van der Waals surface area contributed by atoms with Gasteiger partial charge in [-0.25, -0.2) is 9.18 Å². The summed E-state index contributed by atoms with van der Waals surface area (Å²) < 4.78 is 13.3. The molecule has 0 spiro atoms. The van der Waals surface area contributed by atoms with Crippen molar-refractivity contribution in [2.24, 2.45) is 11.7 Å².